The average Bonchev–Trinajstić information content (AvgIpc) is 3.11. The maximum absolute atomic E-state index is 13.1. The van der Waals surface area contributed by atoms with Crippen LogP contribution >= 0.6 is 0 Å². The van der Waals surface area contributed by atoms with E-state index in [-0.39, 0.29) is 35.5 Å². The first kappa shape index (κ1) is 14.9. The third-order valence-corrected chi connectivity index (χ3v) is 5.48. The largest absolute Gasteiger partial charge is 0.274 e. The molecule has 120 valence electrons. The first-order chi connectivity index (χ1) is 11.7. The van der Waals surface area contributed by atoms with Crippen LogP contribution in [0.1, 0.15) is 6.42 Å². The molecule has 2 fully saturated rings. The van der Waals surface area contributed by atoms with Crippen LogP contribution in [-0.2, 0) is 9.59 Å². The van der Waals surface area contributed by atoms with Crippen LogP contribution in [0, 0.1) is 23.7 Å². The number of rotatable bonds is 3. The molecule has 3 nitrogen and oxygen atoms in total. The third kappa shape index (κ3) is 1.91. The topological polar surface area (TPSA) is 37.4 Å². The molecule has 4 unspecified atom stereocenters. The van der Waals surface area contributed by atoms with Gasteiger partial charge < -0.3 is 0 Å². The molecule has 1 aliphatic heterocycles. The van der Waals surface area contributed by atoms with Gasteiger partial charge in [0.05, 0.1) is 17.5 Å². The van der Waals surface area contributed by atoms with Crippen LogP contribution in [0.4, 0.5) is 5.69 Å². The first-order valence-corrected chi connectivity index (χ1v) is 8.28. The lowest BCUT2D eigenvalue weighted by molar-refractivity contribution is -0.123. The van der Waals surface area contributed by atoms with Crippen LogP contribution in [0.2, 0.25) is 0 Å². The summed E-state index contributed by atoms with van der Waals surface area (Å²) >= 11 is 0. The summed E-state index contributed by atoms with van der Waals surface area (Å²) in [4.78, 5) is 27.6. The second-order valence-corrected chi connectivity index (χ2v) is 6.60. The van der Waals surface area contributed by atoms with E-state index in [4.69, 9.17) is 0 Å². The molecule has 3 heteroatoms. The van der Waals surface area contributed by atoms with Gasteiger partial charge in [-0.2, -0.15) is 0 Å². The predicted molar refractivity (Wildman–Crippen MR) is 95.4 cm³/mol. The van der Waals surface area contributed by atoms with E-state index in [1.54, 1.807) is 0 Å². The smallest absolute Gasteiger partial charge is 0.238 e. The van der Waals surface area contributed by atoms with E-state index in [1.165, 1.54) is 4.90 Å². The Labute approximate surface area is 141 Å². The standard InChI is InChI=1S/C21H19NO2/c1-3-13-12-14(4-2)19-18(13)20(23)22(21(19)24)17-11-7-9-15-8-5-6-10-16(15)17/h3-11,13-14,18-19H,1-2,12H2. The van der Waals surface area contributed by atoms with E-state index in [1.807, 2.05) is 54.6 Å². The predicted octanol–water partition coefficient (Wildman–Crippen LogP) is 3.95. The number of hydrogen-bond acceptors (Lipinski definition) is 2. The van der Waals surface area contributed by atoms with Crippen molar-refractivity contribution >= 4 is 28.3 Å². The summed E-state index contributed by atoms with van der Waals surface area (Å²) in [6.07, 6.45) is 4.42. The van der Waals surface area contributed by atoms with Crippen molar-refractivity contribution in [2.75, 3.05) is 4.90 Å². The Bertz CT molecular complexity index is 832. The Morgan fingerprint density at radius 2 is 1.46 bits per heavy atom. The van der Waals surface area contributed by atoms with Crippen molar-refractivity contribution in [3.8, 4) is 0 Å². The van der Waals surface area contributed by atoms with Crippen LogP contribution in [-0.4, -0.2) is 11.8 Å². The summed E-state index contributed by atoms with van der Waals surface area (Å²) in [6, 6.07) is 13.6. The fourth-order valence-electron chi connectivity index (χ4n) is 4.35. The molecule has 4 atom stereocenters. The number of hydrogen-bond donors (Lipinski definition) is 0. The van der Waals surface area contributed by atoms with Crippen molar-refractivity contribution in [1.82, 2.24) is 0 Å². The van der Waals surface area contributed by atoms with Crippen LogP contribution in [0.3, 0.4) is 0 Å². The molecule has 2 aliphatic rings. The molecule has 4 rings (SSSR count). The Balaban J connectivity index is 1.85. The molecular formula is C21H19NO2. The average molecular weight is 317 g/mol. The Hall–Kier alpha value is -2.68. The second kappa shape index (κ2) is 5.45. The molecule has 1 saturated heterocycles. The van der Waals surface area contributed by atoms with Crippen molar-refractivity contribution in [3.63, 3.8) is 0 Å². The van der Waals surface area contributed by atoms with E-state index in [0.717, 1.165) is 17.2 Å². The van der Waals surface area contributed by atoms with Crippen molar-refractivity contribution in [1.29, 1.82) is 0 Å². The molecule has 1 heterocycles. The Kier molecular flexibility index (Phi) is 3.38. The van der Waals surface area contributed by atoms with Gasteiger partial charge in [0.25, 0.3) is 0 Å². The van der Waals surface area contributed by atoms with Gasteiger partial charge in [-0.05, 0) is 29.7 Å². The minimum atomic E-state index is -0.308. The van der Waals surface area contributed by atoms with Gasteiger partial charge in [0, 0.05) is 5.39 Å². The Morgan fingerprint density at radius 1 is 0.875 bits per heavy atom. The molecule has 2 aromatic carbocycles. The van der Waals surface area contributed by atoms with Crippen LogP contribution in [0.15, 0.2) is 67.8 Å². The van der Waals surface area contributed by atoms with E-state index in [0.29, 0.717) is 5.69 Å². The van der Waals surface area contributed by atoms with E-state index in [9.17, 15) is 9.59 Å². The number of nitrogens with zero attached hydrogens (tertiary/aromatic N) is 1. The van der Waals surface area contributed by atoms with Gasteiger partial charge in [0.1, 0.15) is 0 Å². The van der Waals surface area contributed by atoms with E-state index >= 15 is 0 Å². The van der Waals surface area contributed by atoms with Gasteiger partial charge >= 0.3 is 0 Å². The molecule has 0 radical (unpaired) electrons. The van der Waals surface area contributed by atoms with Gasteiger partial charge in [-0.25, -0.2) is 4.90 Å². The molecule has 1 aliphatic carbocycles. The molecule has 1 saturated carbocycles. The number of benzene rings is 2. The molecule has 0 N–H and O–H groups in total. The van der Waals surface area contributed by atoms with Gasteiger partial charge in [-0.1, -0.05) is 48.6 Å². The van der Waals surface area contributed by atoms with E-state index < -0.39 is 0 Å². The maximum atomic E-state index is 13.1. The highest BCUT2D eigenvalue weighted by Gasteiger charge is 2.57. The number of allylic oxidation sites excluding steroid dienone is 2. The van der Waals surface area contributed by atoms with Crippen LogP contribution in [0.25, 0.3) is 10.8 Å². The summed E-state index contributed by atoms with van der Waals surface area (Å²) in [6.45, 7) is 7.73. The summed E-state index contributed by atoms with van der Waals surface area (Å²) in [5.74, 6) is -0.746. The zero-order valence-electron chi connectivity index (χ0n) is 13.4. The maximum Gasteiger partial charge on any atom is 0.238 e. The zero-order valence-corrected chi connectivity index (χ0v) is 13.4. The van der Waals surface area contributed by atoms with Crippen molar-refractivity contribution in [2.45, 2.75) is 6.42 Å². The highest BCUT2D eigenvalue weighted by molar-refractivity contribution is 6.25. The van der Waals surface area contributed by atoms with Gasteiger partial charge in [0.2, 0.25) is 11.8 Å². The summed E-state index contributed by atoms with van der Waals surface area (Å²) < 4.78 is 0. The SMILES string of the molecule is C=CC1CC(C=C)C2C(=O)N(c3cccc4ccccc34)C(=O)C12. The number of imide groups is 1. The summed E-state index contributed by atoms with van der Waals surface area (Å²) in [5.41, 5.74) is 0.683. The minimum absolute atomic E-state index is 0.0365. The van der Waals surface area contributed by atoms with Crippen molar-refractivity contribution < 1.29 is 9.59 Å². The fraction of sp³-hybridized carbons (Fsp3) is 0.238. The highest BCUT2D eigenvalue weighted by Crippen LogP contribution is 2.50. The quantitative estimate of drug-likeness (QED) is 0.635. The molecule has 0 spiro atoms. The first-order valence-electron chi connectivity index (χ1n) is 8.28. The minimum Gasteiger partial charge on any atom is -0.274 e. The molecule has 0 bridgehead atoms. The zero-order chi connectivity index (χ0) is 16.8. The normalized spacial score (nSPS) is 29.1. The van der Waals surface area contributed by atoms with Crippen LogP contribution < -0.4 is 4.90 Å². The number of amides is 2. The lowest BCUT2D eigenvalue weighted by Crippen LogP contribution is -2.33. The van der Waals surface area contributed by atoms with Crippen molar-refractivity contribution in [3.05, 3.63) is 67.8 Å². The van der Waals surface area contributed by atoms with Gasteiger partial charge in [-0.15, -0.1) is 13.2 Å². The summed E-state index contributed by atoms with van der Waals surface area (Å²) in [5, 5.41) is 1.94. The highest BCUT2D eigenvalue weighted by atomic mass is 16.2. The number of anilines is 1. The number of fused-ring (bicyclic) bond motifs is 2. The van der Waals surface area contributed by atoms with Crippen LogP contribution in [0.5, 0.6) is 0 Å². The van der Waals surface area contributed by atoms with Gasteiger partial charge in [0.15, 0.2) is 0 Å². The monoisotopic (exact) mass is 317 g/mol. The molecule has 24 heavy (non-hydrogen) atoms. The fourth-order valence-corrected chi connectivity index (χ4v) is 4.35. The summed E-state index contributed by atoms with van der Waals surface area (Å²) in [7, 11) is 0. The van der Waals surface area contributed by atoms with E-state index in [2.05, 4.69) is 13.2 Å². The lowest BCUT2D eigenvalue weighted by atomic mass is 9.89. The molecule has 2 amide bonds. The molecule has 2 aromatic rings. The van der Waals surface area contributed by atoms with Gasteiger partial charge in [-0.3, -0.25) is 9.59 Å². The lowest BCUT2D eigenvalue weighted by Gasteiger charge is -2.20. The third-order valence-electron chi connectivity index (χ3n) is 5.48. The molecule has 0 aromatic heterocycles. The molecular weight excluding hydrogens is 298 g/mol. The number of carbonyl (C=O) groups is 2. The van der Waals surface area contributed by atoms with Crippen molar-refractivity contribution in [2.24, 2.45) is 23.7 Å². The second-order valence-electron chi connectivity index (χ2n) is 6.60. The number of carbonyl (C=O) groups excluding carboxylic acids is 2. The Morgan fingerprint density at radius 3 is 2.08 bits per heavy atom.